The van der Waals surface area contributed by atoms with Gasteiger partial charge < -0.3 is 14.7 Å². The van der Waals surface area contributed by atoms with Crippen molar-refractivity contribution < 1.29 is 27.8 Å². The minimum absolute atomic E-state index is 0.00517. The topological polar surface area (TPSA) is 76.8 Å². The van der Waals surface area contributed by atoms with Gasteiger partial charge in [-0.05, 0) is 68.5 Å². The molecule has 1 fully saturated rings. The molecule has 162 valence electrons. The van der Waals surface area contributed by atoms with Gasteiger partial charge in [-0.2, -0.15) is 18.4 Å². The van der Waals surface area contributed by atoms with Crippen LogP contribution < -0.4 is 9.80 Å². The van der Waals surface area contributed by atoms with E-state index in [0.29, 0.717) is 11.3 Å². The number of aliphatic hydroxyl groups is 1. The van der Waals surface area contributed by atoms with E-state index in [0.717, 1.165) is 12.1 Å². The van der Waals surface area contributed by atoms with E-state index in [2.05, 4.69) is 4.74 Å². The predicted octanol–water partition coefficient (Wildman–Crippen LogP) is 4.07. The second-order valence-electron chi connectivity index (χ2n) is 7.39. The van der Waals surface area contributed by atoms with Gasteiger partial charge in [0, 0.05) is 11.4 Å². The summed E-state index contributed by atoms with van der Waals surface area (Å²) in [5, 5.41) is 20.0. The lowest BCUT2D eigenvalue weighted by Crippen LogP contribution is -2.47. The number of halogens is 3. The van der Waals surface area contributed by atoms with Crippen molar-refractivity contribution in [2.75, 3.05) is 16.9 Å². The number of rotatable bonds is 3. The summed E-state index contributed by atoms with van der Waals surface area (Å²) in [6, 6.07) is 11.0. The molecule has 0 amide bonds. The average Bonchev–Trinajstić information content (AvgIpc) is 2.90. The number of aliphatic hydroxyl groups excluding tert-OH is 1. The Hall–Kier alpha value is -3.16. The van der Waals surface area contributed by atoms with Crippen LogP contribution in [0.1, 0.15) is 35.3 Å². The number of nitrogens with zero attached hydrogens (tertiary/aromatic N) is 3. The van der Waals surface area contributed by atoms with Gasteiger partial charge in [0.2, 0.25) is 0 Å². The molecule has 2 aromatic carbocycles. The molecule has 0 bridgehead atoms. The monoisotopic (exact) mass is 449 g/mol. The summed E-state index contributed by atoms with van der Waals surface area (Å²) < 4.78 is 44.9. The molecular formula is C21H18F3N3O3S. The maximum Gasteiger partial charge on any atom is 0.417 e. The molecule has 1 heterocycles. The Morgan fingerprint density at radius 3 is 2.29 bits per heavy atom. The number of esters is 1. The maximum atomic E-state index is 13.4. The Balaban J connectivity index is 2.05. The van der Waals surface area contributed by atoms with E-state index in [1.165, 1.54) is 36.3 Å². The van der Waals surface area contributed by atoms with E-state index >= 15 is 0 Å². The number of ether oxygens (including phenoxy) is 1. The molecule has 1 atom stereocenters. The molecule has 31 heavy (non-hydrogen) atoms. The predicted molar refractivity (Wildman–Crippen MR) is 112 cm³/mol. The number of benzene rings is 2. The van der Waals surface area contributed by atoms with Gasteiger partial charge in [-0.1, -0.05) is 0 Å². The van der Waals surface area contributed by atoms with Crippen molar-refractivity contribution in [3.63, 3.8) is 0 Å². The van der Waals surface area contributed by atoms with E-state index < -0.39 is 35.0 Å². The Morgan fingerprint density at radius 2 is 1.77 bits per heavy atom. The zero-order chi connectivity index (χ0) is 23.1. The standard InChI is InChI=1S/C21H18F3N3O3S/c1-20(2)18(29)26(15-9-6-13(11-25)16(10-15)21(22,23)24)19(31)27(20)14-7-4-12(5-8-14)17(28)30-3/h4-10,18,29H,1-3H3. The molecule has 3 rings (SSSR count). The van der Waals surface area contributed by atoms with Gasteiger partial charge in [0.25, 0.3) is 0 Å². The molecule has 0 radical (unpaired) electrons. The molecule has 1 aliphatic heterocycles. The molecule has 0 aromatic heterocycles. The largest absolute Gasteiger partial charge is 0.465 e. The molecule has 1 saturated heterocycles. The lowest BCUT2D eigenvalue weighted by atomic mass is 10.0. The molecule has 0 saturated carbocycles. The summed E-state index contributed by atoms with van der Waals surface area (Å²) in [7, 11) is 1.26. The van der Waals surface area contributed by atoms with Crippen LogP contribution in [0.25, 0.3) is 0 Å². The van der Waals surface area contributed by atoms with Crippen LogP contribution in [0, 0.1) is 11.3 Å². The number of carbonyl (C=O) groups is 1. The van der Waals surface area contributed by atoms with Crippen LogP contribution in [-0.4, -0.2) is 35.1 Å². The molecule has 6 nitrogen and oxygen atoms in total. The number of carbonyl (C=O) groups excluding carboxylic acids is 1. The summed E-state index contributed by atoms with van der Waals surface area (Å²) in [5.41, 5.74) is -1.80. The second-order valence-corrected chi connectivity index (χ2v) is 7.76. The lowest BCUT2D eigenvalue weighted by Gasteiger charge is -2.33. The normalized spacial score (nSPS) is 18.1. The van der Waals surface area contributed by atoms with Gasteiger partial charge in [-0.25, -0.2) is 4.79 Å². The third-order valence-electron chi connectivity index (χ3n) is 5.10. The zero-order valence-electron chi connectivity index (χ0n) is 16.8. The number of nitriles is 1. The van der Waals surface area contributed by atoms with E-state index in [9.17, 15) is 23.1 Å². The Labute approximate surface area is 182 Å². The lowest BCUT2D eigenvalue weighted by molar-refractivity contribution is -0.137. The van der Waals surface area contributed by atoms with E-state index in [4.69, 9.17) is 17.5 Å². The van der Waals surface area contributed by atoms with Crippen LogP contribution in [0.5, 0.6) is 0 Å². The first-order chi connectivity index (χ1) is 14.4. The van der Waals surface area contributed by atoms with Gasteiger partial charge in [0.15, 0.2) is 11.3 Å². The fourth-order valence-corrected chi connectivity index (χ4v) is 4.01. The van der Waals surface area contributed by atoms with E-state index in [1.54, 1.807) is 30.9 Å². The van der Waals surface area contributed by atoms with Crippen molar-refractivity contribution in [1.29, 1.82) is 5.26 Å². The molecule has 1 unspecified atom stereocenters. The highest BCUT2D eigenvalue weighted by molar-refractivity contribution is 7.80. The molecule has 1 aliphatic rings. The minimum atomic E-state index is -4.74. The van der Waals surface area contributed by atoms with Crippen molar-refractivity contribution in [2.24, 2.45) is 0 Å². The van der Waals surface area contributed by atoms with Crippen LogP contribution in [0.2, 0.25) is 0 Å². The molecule has 10 heteroatoms. The first-order valence-electron chi connectivity index (χ1n) is 9.04. The smallest absolute Gasteiger partial charge is 0.417 e. The summed E-state index contributed by atoms with van der Waals surface area (Å²) in [6.45, 7) is 3.37. The van der Waals surface area contributed by atoms with Crippen molar-refractivity contribution in [3.05, 3.63) is 59.2 Å². The molecular weight excluding hydrogens is 431 g/mol. The van der Waals surface area contributed by atoms with Gasteiger partial charge >= 0.3 is 12.1 Å². The quantitative estimate of drug-likeness (QED) is 0.559. The fourth-order valence-electron chi connectivity index (χ4n) is 3.46. The van der Waals surface area contributed by atoms with E-state index in [-0.39, 0.29) is 10.8 Å². The first kappa shape index (κ1) is 22.5. The van der Waals surface area contributed by atoms with Gasteiger partial charge in [0.05, 0.1) is 35.4 Å². The minimum Gasteiger partial charge on any atom is -0.465 e. The summed E-state index contributed by atoms with van der Waals surface area (Å²) in [4.78, 5) is 14.5. The van der Waals surface area contributed by atoms with Gasteiger partial charge in [0.1, 0.15) is 0 Å². The van der Waals surface area contributed by atoms with Crippen LogP contribution in [0.3, 0.4) is 0 Å². The number of alkyl halides is 3. The maximum absolute atomic E-state index is 13.4. The van der Waals surface area contributed by atoms with Crippen molar-refractivity contribution in [2.45, 2.75) is 31.8 Å². The Morgan fingerprint density at radius 1 is 1.19 bits per heavy atom. The van der Waals surface area contributed by atoms with Crippen LogP contribution in [0.15, 0.2) is 42.5 Å². The Bertz CT molecular complexity index is 1080. The fraction of sp³-hybridized carbons (Fsp3) is 0.286. The summed E-state index contributed by atoms with van der Waals surface area (Å²) in [6.07, 6.45) is -6.03. The number of methoxy groups -OCH3 is 1. The highest BCUT2D eigenvalue weighted by Gasteiger charge is 2.50. The van der Waals surface area contributed by atoms with Gasteiger partial charge in [-0.15, -0.1) is 0 Å². The van der Waals surface area contributed by atoms with Crippen molar-refractivity contribution in [3.8, 4) is 6.07 Å². The van der Waals surface area contributed by atoms with E-state index in [1.807, 2.05) is 0 Å². The number of hydrogen-bond acceptors (Lipinski definition) is 5. The Kier molecular flexibility index (Phi) is 5.69. The second kappa shape index (κ2) is 7.83. The van der Waals surface area contributed by atoms with Crippen molar-refractivity contribution in [1.82, 2.24) is 0 Å². The SMILES string of the molecule is COC(=O)c1ccc(N2C(=S)N(c3ccc(C#N)c(C(F)(F)F)c3)C(O)C2(C)C)cc1. The third-order valence-corrected chi connectivity index (χ3v) is 5.48. The van der Waals surface area contributed by atoms with Crippen molar-refractivity contribution >= 4 is 34.7 Å². The molecule has 0 spiro atoms. The highest BCUT2D eigenvalue weighted by Crippen LogP contribution is 2.41. The molecule has 2 aromatic rings. The number of anilines is 2. The van der Waals surface area contributed by atoms with Crippen LogP contribution >= 0.6 is 12.2 Å². The zero-order valence-corrected chi connectivity index (χ0v) is 17.6. The number of hydrogen-bond donors (Lipinski definition) is 1. The average molecular weight is 449 g/mol. The molecule has 1 N–H and O–H groups in total. The van der Waals surface area contributed by atoms with Gasteiger partial charge in [-0.3, -0.25) is 4.90 Å². The first-order valence-corrected chi connectivity index (χ1v) is 9.45. The summed E-state index contributed by atoms with van der Waals surface area (Å²) >= 11 is 5.51. The van der Waals surface area contributed by atoms with Crippen LogP contribution in [-0.2, 0) is 10.9 Å². The molecule has 0 aliphatic carbocycles. The number of thiocarbonyl (C=S) groups is 1. The highest BCUT2D eigenvalue weighted by atomic mass is 32.1. The third kappa shape index (κ3) is 3.82. The van der Waals surface area contributed by atoms with Crippen LogP contribution in [0.4, 0.5) is 24.5 Å². The summed E-state index contributed by atoms with van der Waals surface area (Å²) in [5.74, 6) is -0.520.